The molecule has 1 spiro atoms. The van der Waals surface area contributed by atoms with Gasteiger partial charge in [-0.1, -0.05) is 12.1 Å². The first kappa shape index (κ1) is 16.1. The zero-order valence-electron chi connectivity index (χ0n) is 15.3. The van der Waals surface area contributed by atoms with E-state index in [2.05, 4.69) is 51.8 Å². The summed E-state index contributed by atoms with van der Waals surface area (Å²) < 4.78 is 12.3. The molecule has 0 saturated carbocycles. The van der Waals surface area contributed by atoms with Crippen molar-refractivity contribution in [3.05, 3.63) is 23.8 Å². The van der Waals surface area contributed by atoms with E-state index < -0.39 is 7.12 Å². The fourth-order valence-corrected chi connectivity index (χ4v) is 4.08. The van der Waals surface area contributed by atoms with E-state index in [1.807, 2.05) is 13.1 Å². The molecule has 4 rings (SSSR count). The van der Waals surface area contributed by atoms with E-state index in [0.29, 0.717) is 0 Å². The fraction of sp³-hybridized carbons (Fsp3) is 0.611. The first-order valence-corrected chi connectivity index (χ1v) is 8.54. The summed E-state index contributed by atoms with van der Waals surface area (Å²) in [5.74, 6) is 0.196. The molecular formula is C18H25BN2O3. The van der Waals surface area contributed by atoms with Crippen LogP contribution in [0.2, 0.25) is 0 Å². The van der Waals surface area contributed by atoms with Gasteiger partial charge in [-0.25, -0.2) is 0 Å². The van der Waals surface area contributed by atoms with Gasteiger partial charge in [-0.15, -0.1) is 0 Å². The maximum atomic E-state index is 12.8. The van der Waals surface area contributed by atoms with Crippen LogP contribution in [0.4, 0.5) is 5.69 Å². The average molecular weight is 328 g/mol. The van der Waals surface area contributed by atoms with E-state index in [4.69, 9.17) is 9.31 Å². The summed E-state index contributed by atoms with van der Waals surface area (Å²) in [6, 6.07) is 6.19. The van der Waals surface area contributed by atoms with Gasteiger partial charge in [0.05, 0.1) is 11.2 Å². The molecule has 0 radical (unpaired) electrons. The van der Waals surface area contributed by atoms with Crippen LogP contribution >= 0.6 is 0 Å². The first-order valence-electron chi connectivity index (χ1n) is 8.54. The highest BCUT2D eigenvalue weighted by Crippen LogP contribution is 2.46. The number of hydrogen-bond donors (Lipinski definition) is 0. The van der Waals surface area contributed by atoms with Gasteiger partial charge >= 0.3 is 7.12 Å². The number of carbonyl (C=O) groups excluding carboxylic acids is 1. The number of anilines is 1. The second-order valence-corrected chi connectivity index (χ2v) is 8.48. The second kappa shape index (κ2) is 4.62. The van der Waals surface area contributed by atoms with Crippen molar-refractivity contribution >= 4 is 24.2 Å². The van der Waals surface area contributed by atoms with Crippen LogP contribution in [0, 0.1) is 0 Å². The van der Waals surface area contributed by atoms with E-state index in [1.165, 1.54) is 0 Å². The molecule has 3 aliphatic rings. The standard InChI is InChI=1S/C18H25BN2O3/c1-16(2)17(3,4)24-19(23-16)12-7-8-13-14(9-12)21(6)15(22)18(13)10-20(5)11-18/h7-9H,10-11H2,1-6H3. The minimum Gasteiger partial charge on any atom is -0.399 e. The molecule has 6 heteroatoms. The molecule has 1 aromatic carbocycles. The zero-order valence-corrected chi connectivity index (χ0v) is 15.3. The number of fused-ring (bicyclic) bond motifs is 2. The number of likely N-dealkylation sites (tertiary alicyclic amines) is 1. The molecule has 0 aromatic heterocycles. The lowest BCUT2D eigenvalue weighted by Crippen LogP contribution is -2.62. The van der Waals surface area contributed by atoms with Crippen LogP contribution in [0.1, 0.15) is 33.3 Å². The molecular weight excluding hydrogens is 303 g/mol. The third-order valence-electron chi connectivity index (χ3n) is 6.22. The van der Waals surface area contributed by atoms with Crippen molar-refractivity contribution in [3.8, 4) is 0 Å². The van der Waals surface area contributed by atoms with Crippen LogP contribution in [-0.4, -0.2) is 56.3 Å². The summed E-state index contributed by atoms with van der Waals surface area (Å²) in [6.45, 7) is 9.78. The molecule has 5 nitrogen and oxygen atoms in total. The molecule has 0 atom stereocenters. The van der Waals surface area contributed by atoms with Crippen LogP contribution < -0.4 is 10.4 Å². The minimum absolute atomic E-state index is 0.196. The molecule has 3 aliphatic heterocycles. The van der Waals surface area contributed by atoms with Crippen molar-refractivity contribution in [2.75, 3.05) is 32.1 Å². The first-order chi connectivity index (χ1) is 11.1. The van der Waals surface area contributed by atoms with Crippen molar-refractivity contribution in [1.29, 1.82) is 0 Å². The van der Waals surface area contributed by atoms with Crippen LogP contribution in [0.3, 0.4) is 0 Å². The number of nitrogens with zero attached hydrogens (tertiary/aromatic N) is 2. The highest BCUT2D eigenvalue weighted by atomic mass is 16.7. The Labute approximate surface area is 144 Å². The number of carbonyl (C=O) groups is 1. The summed E-state index contributed by atoms with van der Waals surface area (Å²) in [7, 11) is 3.52. The number of benzene rings is 1. The molecule has 0 bridgehead atoms. The Bertz CT molecular complexity index is 709. The quantitative estimate of drug-likeness (QED) is 0.725. The van der Waals surface area contributed by atoms with Gasteiger partial charge in [0, 0.05) is 25.8 Å². The van der Waals surface area contributed by atoms with Crippen molar-refractivity contribution in [2.45, 2.75) is 44.3 Å². The van der Waals surface area contributed by atoms with Crippen LogP contribution in [-0.2, 0) is 19.5 Å². The molecule has 0 N–H and O–H groups in total. The molecule has 2 fully saturated rings. The molecule has 3 heterocycles. The van der Waals surface area contributed by atoms with Gasteiger partial charge in [-0.3, -0.25) is 4.79 Å². The normalized spacial score (nSPS) is 26.8. The third kappa shape index (κ3) is 1.90. The second-order valence-electron chi connectivity index (χ2n) is 8.48. The van der Waals surface area contributed by atoms with Crippen LogP contribution in [0.25, 0.3) is 0 Å². The largest absolute Gasteiger partial charge is 0.494 e. The molecule has 24 heavy (non-hydrogen) atoms. The van der Waals surface area contributed by atoms with Crippen molar-refractivity contribution in [2.24, 2.45) is 0 Å². The van der Waals surface area contributed by atoms with E-state index in [-0.39, 0.29) is 22.5 Å². The zero-order chi connectivity index (χ0) is 17.5. The monoisotopic (exact) mass is 328 g/mol. The number of rotatable bonds is 1. The smallest absolute Gasteiger partial charge is 0.399 e. The SMILES string of the molecule is CN1CC2(C1)C(=O)N(C)c1cc(B3OC(C)(C)C(C)(C)O3)ccc12. The summed E-state index contributed by atoms with van der Waals surface area (Å²) in [4.78, 5) is 16.8. The van der Waals surface area contributed by atoms with Gasteiger partial charge in [-0.2, -0.15) is 0 Å². The maximum absolute atomic E-state index is 12.8. The summed E-state index contributed by atoms with van der Waals surface area (Å²) in [6.07, 6.45) is 0. The summed E-state index contributed by atoms with van der Waals surface area (Å²) in [5, 5.41) is 0. The van der Waals surface area contributed by atoms with Gasteiger partial charge in [-0.05, 0) is 51.8 Å². The van der Waals surface area contributed by atoms with E-state index in [1.54, 1.807) is 4.90 Å². The summed E-state index contributed by atoms with van der Waals surface area (Å²) >= 11 is 0. The highest BCUT2D eigenvalue weighted by Gasteiger charge is 2.57. The Morgan fingerprint density at radius 2 is 1.62 bits per heavy atom. The molecule has 1 aromatic rings. The summed E-state index contributed by atoms with van der Waals surface area (Å²) in [5.41, 5.74) is 2.00. The minimum atomic E-state index is -0.399. The van der Waals surface area contributed by atoms with Crippen molar-refractivity contribution in [1.82, 2.24) is 4.90 Å². The van der Waals surface area contributed by atoms with Gasteiger partial charge in [0.15, 0.2) is 0 Å². The van der Waals surface area contributed by atoms with Crippen LogP contribution in [0.5, 0.6) is 0 Å². The molecule has 1 amide bonds. The predicted molar refractivity (Wildman–Crippen MR) is 94.7 cm³/mol. The van der Waals surface area contributed by atoms with E-state index in [9.17, 15) is 4.79 Å². The molecule has 128 valence electrons. The lowest BCUT2D eigenvalue weighted by atomic mass is 9.72. The number of amides is 1. The van der Waals surface area contributed by atoms with Gasteiger partial charge in [0.2, 0.25) is 5.91 Å². The van der Waals surface area contributed by atoms with Gasteiger partial charge in [0.1, 0.15) is 5.41 Å². The molecule has 0 unspecified atom stereocenters. The number of hydrogen-bond acceptors (Lipinski definition) is 4. The third-order valence-corrected chi connectivity index (χ3v) is 6.22. The van der Waals surface area contributed by atoms with Crippen molar-refractivity contribution < 1.29 is 14.1 Å². The van der Waals surface area contributed by atoms with E-state index >= 15 is 0 Å². The Morgan fingerprint density at radius 1 is 1.04 bits per heavy atom. The van der Waals surface area contributed by atoms with Crippen molar-refractivity contribution in [3.63, 3.8) is 0 Å². The fourth-order valence-electron chi connectivity index (χ4n) is 4.08. The average Bonchev–Trinajstić information content (AvgIpc) is 2.81. The highest BCUT2D eigenvalue weighted by molar-refractivity contribution is 6.62. The van der Waals surface area contributed by atoms with Gasteiger partial charge in [0.25, 0.3) is 0 Å². The Balaban J connectivity index is 1.70. The van der Waals surface area contributed by atoms with E-state index in [0.717, 1.165) is 29.8 Å². The van der Waals surface area contributed by atoms with Gasteiger partial charge < -0.3 is 19.1 Å². The van der Waals surface area contributed by atoms with Crippen LogP contribution in [0.15, 0.2) is 18.2 Å². The topological polar surface area (TPSA) is 42.0 Å². The molecule has 2 saturated heterocycles. The number of likely N-dealkylation sites (N-methyl/N-ethyl adjacent to an activating group) is 2. The predicted octanol–water partition coefficient (Wildman–Crippen LogP) is 1.15. The Kier molecular flexibility index (Phi) is 3.11. The maximum Gasteiger partial charge on any atom is 0.494 e. The Morgan fingerprint density at radius 3 is 2.17 bits per heavy atom. The lowest BCUT2D eigenvalue weighted by molar-refractivity contribution is -0.128. The Hall–Kier alpha value is -1.37. The lowest BCUT2D eigenvalue weighted by Gasteiger charge is -2.44. The molecule has 0 aliphatic carbocycles.